The zero-order chi connectivity index (χ0) is 14.1. The molecule has 0 bridgehead atoms. The largest absolute Gasteiger partial charge is 0.310 e. The van der Waals surface area contributed by atoms with Gasteiger partial charge in [-0.2, -0.15) is 0 Å². The van der Waals surface area contributed by atoms with Crippen molar-refractivity contribution in [3.63, 3.8) is 0 Å². The number of nitrogens with zero attached hydrogens (tertiary/aromatic N) is 2. The van der Waals surface area contributed by atoms with Crippen LogP contribution < -0.4 is 5.56 Å². The first-order valence-electron chi connectivity index (χ1n) is 6.60. The molecule has 0 radical (unpaired) electrons. The molecule has 2 aromatic heterocycles. The van der Waals surface area contributed by atoms with Crippen LogP contribution in [0.4, 0.5) is 0 Å². The lowest BCUT2D eigenvalue weighted by molar-refractivity contribution is 0.768. The maximum absolute atomic E-state index is 11.8. The molecule has 0 saturated carbocycles. The normalized spacial score (nSPS) is 11.2. The van der Waals surface area contributed by atoms with Gasteiger partial charge in [-0.1, -0.05) is 38.1 Å². The van der Waals surface area contributed by atoms with Gasteiger partial charge in [0.05, 0.1) is 11.2 Å². The minimum atomic E-state index is -0.133. The number of H-pyrrole nitrogens is 1. The first kappa shape index (κ1) is 12.5. The zero-order valence-electron chi connectivity index (χ0n) is 11.4. The molecule has 0 aliphatic carbocycles. The Kier molecular flexibility index (Phi) is 3.06. The summed E-state index contributed by atoms with van der Waals surface area (Å²) >= 11 is 0. The number of benzene rings is 1. The molecule has 1 N–H and O–H groups in total. The Morgan fingerprint density at radius 3 is 2.75 bits per heavy atom. The van der Waals surface area contributed by atoms with Crippen LogP contribution in [0.1, 0.15) is 25.6 Å². The van der Waals surface area contributed by atoms with E-state index in [9.17, 15) is 4.79 Å². The molecule has 0 aliphatic heterocycles. The Morgan fingerprint density at radius 2 is 1.95 bits per heavy atom. The summed E-state index contributed by atoms with van der Waals surface area (Å²) in [6, 6.07) is 11.3. The summed E-state index contributed by atoms with van der Waals surface area (Å²) in [5.74, 6) is 0.867. The predicted octanol–water partition coefficient (Wildman–Crippen LogP) is 3.11. The Balaban J connectivity index is 2.28. The molecule has 0 fully saturated rings. The predicted molar refractivity (Wildman–Crippen MR) is 79.7 cm³/mol. The number of hydrogen-bond acceptors (Lipinski definition) is 3. The topological polar surface area (TPSA) is 58.6 Å². The summed E-state index contributed by atoms with van der Waals surface area (Å²) in [6.45, 7) is 4.01. The van der Waals surface area contributed by atoms with Gasteiger partial charge in [0.25, 0.3) is 5.56 Å². The van der Waals surface area contributed by atoms with E-state index < -0.39 is 0 Å². The number of hydrogen-bond donors (Lipinski definition) is 1. The van der Waals surface area contributed by atoms with Crippen LogP contribution >= 0.6 is 0 Å². The van der Waals surface area contributed by atoms with Crippen molar-refractivity contribution in [2.75, 3.05) is 0 Å². The highest BCUT2D eigenvalue weighted by molar-refractivity contribution is 5.92. The minimum Gasteiger partial charge on any atom is -0.310 e. The summed E-state index contributed by atoms with van der Waals surface area (Å²) in [7, 11) is 0. The van der Waals surface area contributed by atoms with E-state index in [1.54, 1.807) is 6.20 Å². The second-order valence-electron chi connectivity index (χ2n) is 5.05. The van der Waals surface area contributed by atoms with Crippen LogP contribution in [-0.2, 0) is 0 Å². The molecule has 0 amide bonds. The third kappa shape index (κ3) is 2.20. The summed E-state index contributed by atoms with van der Waals surface area (Å²) < 4.78 is 0. The molecule has 0 atom stereocenters. The second kappa shape index (κ2) is 4.89. The van der Waals surface area contributed by atoms with E-state index in [-0.39, 0.29) is 11.5 Å². The number of aromatic nitrogens is 3. The van der Waals surface area contributed by atoms with Crippen LogP contribution in [-0.4, -0.2) is 15.0 Å². The lowest BCUT2D eigenvalue weighted by Gasteiger charge is -2.08. The number of rotatable bonds is 2. The summed E-state index contributed by atoms with van der Waals surface area (Å²) in [6.07, 6.45) is 1.75. The van der Waals surface area contributed by atoms with Gasteiger partial charge in [0.1, 0.15) is 5.82 Å². The van der Waals surface area contributed by atoms with Crippen LogP contribution in [0.25, 0.3) is 22.2 Å². The Morgan fingerprint density at radius 1 is 1.15 bits per heavy atom. The highest BCUT2D eigenvalue weighted by Crippen LogP contribution is 2.25. The number of pyridine rings is 1. The van der Waals surface area contributed by atoms with Crippen molar-refractivity contribution >= 4 is 10.9 Å². The minimum absolute atomic E-state index is 0.133. The SMILES string of the molecule is CC(C)c1nc(-c2cccc3cccnc23)cc(=O)[nH]1. The average molecular weight is 265 g/mol. The summed E-state index contributed by atoms with van der Waals surface area (Å²) in [5.41, 5.74) is 2.28. The molecule has 3 rings (SSSR count). The van der Waals surface area contributed by atoms with E-state index in [0.717, 1.165) is 16.5 Å². The van der Waals surface area contributed by atoms with E-state index in [2.05, 4.69) is 15.0 Å². The van der Waals surface area contributed by atoms with Gasteiger partial charge in [-0.05, 0) is 6.07 Å². The quantitative estimate of drug-likeness (QED) is 0.774. The number of para-hydroxylation sites is 1. The summed E-state index contributed by atoms with van der Waals surface area (Å²) in [5, 5.41) is 1.04. The van der Waals surface area contributed by atoms with Gasteiger partial charge in [-0.15, -0.1) is 0 Å². The van der Waals surface area contributed by atoms with E-state index in [4.69, 9.17) is 0 Å². The lowest BCUT2D eigenvalue weighted by atomic mass is 10.1. The van der Waals surface area contributed by atoms with Crippen LogP contribution in [0, 0.1) is 0 Å². The molecule has 1 aromatic carbocycles. The van der Waals surface area contributed by atoms with Gasteiger partial charge in [-0.25, -0.2) is 4.98 Å². The highest BCUT2D eigenvalue weighted by Gasteiger charge is 2.10. The third-order valence-corrected chi connectivity index (χ3v) is 3.22. The molecule has 0 spiro atoms. The van der Waals surface area contributed by atoms with Crippen molar-refractivity contribution < 1.29 is 0 Å². The number of fused-ring (bicyclic) bond motifs is 1. The molecule has 4 heteroatoms. The monoisotopic (exact) mass is 265 g/mol. The van der Waals surface area contributed by atoms with Gasteiger partial charge >= 0.3 is 0 Å². The lowest BCUT2D eigenvalue weighted by Crippen LogP contribution is -2.12. The number of nitrogens with one attached hydrogen (secondary N) is 1. The molecule has 100 valence electrons. The van der Waals surface area contributed by atoms with Crippen molar-refractivity contribution in [1.29, 1.82) is 0 Å². The van der Waals surface area contributed by atoms with Crippen molar-refractivity contribution in [3.05, 3.63) is 58.8 Å². The highest BCUT2D eigenvalue weighted by atomic mass is 16.1. The fourth-order valence-corrected chi connectivity index (χ4v) is 2.20. The van der Waals surface area contributed by atoms with E-state index >= 15 is 0 Å². The molecule has 3 aromatic rings. The van der Waals surface area contributed by atoms with E-state index in [1.165, 1.54) is 6.07 Å². The van der Waals surface area contributed by atoms with E-state index in [1.807, 2.05) is 44.2 Å². The smallest absolute Gasteiger partial charge is 0.251 e. The maximum Gasteiger partial charge on any atom is 0.251 e. The van der Waals surface area contributed by atoms with Crippen molar-refractivity contribution in [3.8, 4) is 11.3 Å². The first-order valence-corrected chi connectivity index (χ1v) is 6.60. The Labute approximate surface area is 116 Å². The second-order valence-corrected chi connectivity index (χ2v) is 5.05. The fourth-order valence-electron chi connectivity index (χ4n) is 2.20. The molecule has 0 aliphatic rings. The first-order chi connectivity index (χ1) is 9.65. The van der Waals surface area contributed by atoms with Gasteiger partial charge < -0.3 is 4.98 Å². The van der Waals surface area contributed by atoms with Crippen molar-refractivity contribution in [2.24, 2.45) is 0 Å². The molecular formula is C16H15N3O. The van der Waals surface area contributed by atoms with Gasteiger partial charge in [0.15, 0.2) is 0 Å². The zero-order valence-corrected chi connectivity index (χ0v) is 11.4. The molecule has 2 heterocycles. The summed E-state index contributed by atoms with van der Waals surface area (Å²) in [4.78, 5) is 23.6. The van der Waals surface area contributed by atoms with Crippen molar-refractivity contribution in [1.82, 2.24) is 15.0 Å². The van der Waals surface area contributed by atoms with Crippen LogP contribution in [0.2, 0.25) is 0 Å². The standard InChI is InChI=1S/C16H15N3O/c1-10(2)16-18-13(9-14(20)19-16)12-7-3-5-11-6-4-8-17-15(11)12/h3-10H,1-2H3,(H,18,19,20). The third-order valence-electron chi connectivity index (χ3n) is 3.22. The van der Waals surface area contributed by atoms with Gasteiger partial charge in [0.2, 0.25) is 0 Å². The molecule has 4 nitrogen and oxygen atoms in total. The average Bonchev–Trinajstić information content (AvgIpc) is 2.46. The number of aromatic amines is 1. The van der Waals surface area contributed by atoms with E-state index in [0.29, 0.717) is 11.5 Å². The van der Waals surface area contributed by atoms with Crippen LogP contribution in [0.3, 0.4) is 0 Å². The van der Waals surface area contributed by atoms with Gasteiger partial charge in [0, 0.05) is 29.1 Å². The molecule has 0 unspecified atom stereocenters. The fraction of sp³-hybridized carbons (Fsp3) is 0.188. The Hall–Kier alpha value is -2.49. The van der Waals surface area contributed by atoms with Gasteiger partial charge in [-0.3, -0.25) is 9.78 Å². The maximum atomic E-state index is 11.8. The van der Waals surface area contributed by atoms with Crippen molar-refractivity contribution in [2.45, 2.75) is 19.8 Å². The molecule has 0 saturated heterocycles. The molecule has 20 heavy (non-hydrogen) atoms. The molecular weight excluding hydrogens is 250 g/mol. The Bertz CT molecular complexity index is 816. The van der Waals surface area contributed by atoms with Crippen LogP contribution in [0.5, 0.6) is 0 Å². The van der Waals surface area contributed by atoms with Crippen LogP contribution in [0.15, 0.2) is 47.4 Å².